The van der Waals surface area contributed by atoms with E-state index in [-0.39, 0.29) is 11.4 Å². The van der Waals surface area contributed by atoms with Crippen molar-refractivity contribution in [2.45, 2.75) is 25.9 Å². The van der Waals surface area contributed by atoms with Crippen molar-refractivity contribution in [3.05, 3.63) is 62.6 Å². The number of hydrogen-bond acceptors (Lipinski definition) is 2. The number of rotatable bonds is 2. The summed E-state index contributed by atoms with van der Waals surface area (Å²) in [5.41, 5.74) is 1.99. The maximum absolute atomic E-state index is 12.6. The molecule has 3 rings (SSSR count). The lowest BCUT2D eigenvalue weighted by Crippen LogP contribution is -2.24. The third kappa shape index (κ3) is 2.72. The van der Waals surface area contributed by atoms with Crippen molar-refractivity contribution in [2.75, 3.05) is 0 Å². The fourth-order valence-electron chi connectivity index (χ4n) is 2.59. The Hall–Kier alpha value is -1.32. The van der Waals surface area contributed by atoms with Crippen molar-refractivity contribution in [3.63, 3.8) is 0 Å². The summed E-state index contributed by atoms with van der Waals surface area (Å²) in [4.78, 5) is 12.6. The highest BCUT2D eigenvalue weighted by Gasteiger charge is 2.30. The second-order valence-corrected chi connectivity index (χ2v) is 7.02. The van der Waals surface area contributed by atoms with E-state index in [2.05, 4.69) is 15.9 Å². The fraction of sp³-hybridized carbons (Fsp3) is 0.235. The fourth-order valence-corrected chi connectivity index (χ4v) is 3.16. The molecule has 0 amide bonds. The summed E-state index contributed by atoms with van der Waals surface area (Å²) in [7, 11) is 0. The molecule has 2 nitrogen and oxygen atoms in total. The predicted octanol–water partition coefficient (Wildman–Crippen LogP) is 5.05. The molecule has 0 N–H and O–H groups in total. The first-order valence-corrected chi connectivity index (χ1v) is 7.85. The van der Waals surface area contributed by atoms with Gasteiger partial charge >= 0.3 is 0 Å². The molecule has 1 aliphatic heterocycles. The molecule has 0 fully saturated rings. The minimum absolute atomic E-state index is 0.0752. The van der Waals surface area contributed by atoms with E-state index < -0.39 is 0 Å². The van der Waals surface area contributed by atoms with E-state index in [1.54, 1.807) is 12.1 Å². The average molecular weight is 366 g/mol. The molecule has 0 spiro atoms. The Labute approximate surface area is 137 Å². The van der Waals surface area contributed by atoms with Crippen LogP contribution in [0.15, 0.2) is 40.9 Å². The van der Waals surface area contributed by atoms with Gasteiger partial charge in [0.15, 0.2) is 5.78 Å². The number of fused-ring (bicyclic) bond motifs is 1. The molecule has 2 aromatic rings. The summed E-state index contributed by atoms with van der Waals surface area (Å²) in [6, 6.07) is 10.9. The molecule has 108 valence electrons. The van der Waals surface area contributed by atoms with E-state index in [4.69, 9.17) is 16.3 Å². The lowest BCUT2D eigenvalue weighted by atomic mass is 9.97. The van der Waals surface area contributed by atoms with Crippen molar-refractivity contribution in [1.29, 1.82) is 0 Å². The summed E-state index contributed by atoms with van der Waals surface area (Å²) in [5.74, 6) is 0.783. The number of benzene rings is 2. The summed E-state index contributed by atoms with van der Waals surface area (Å²) in [5, 5.41) is 0.444. The topological polar surface area (TPSA) is 26.3 Å². The molecule has 1 heterocycles. The van der Waals surface area contributed by atoms with E-state index in [0.29, 0.717) is 16.1 Å². The highest BCUT2D eigenvalue weighted by molar-refractivity contribution is 9.10. The van der Waals surface area contributed by atoms with Crippen LogP contribution < -0.4 is 4.74 Å². The van der Waals surface area contributed by atoms with E-state index in [1.807, 2.05) is 38.1 Å². The Morgan fingerprint density at radius 2 is 2.05 bits per heavy atom. The maximum Gasteiger partial charge on any atom is 0.194 e. The van der Waals surface area contributed by atoms with Crippen LogP contribution in [-0.4, -0.2) is 11.4 Å². The van der Waals surface area contributed by atoms with Crippen LogP contribution in [0.25, 0.3) is 0 Å². The van der Waals surface area contributed by atoms with Gasteiger partial charge in [-0.05, 0) is 65.7 Å². The quantitative estimate of drug-likeness (QED) is 0.696. The van der Waals surface area contributed by atoms with Gasteiger partial charge < -0.3 is 4.74 Å². The number of halogens is 2. The van der Waals surface area contributed by atoms with E-state index in [1.165, 1.54) is 0 Å². The van der Waals surface area contributed by atoms with Gasteiger partial charge in [-0.25, -0.2) is 0 Å². The average Bonchev–Trinajstić information content (AvgIpc) is 2.73. The third-order valence-corrected chi connectivity index (χ3v) is 4.82. The number of ketones is 1. The second-order valence-electron chi connectivity index (χ2n) is 5.79. The van der Waals surface area contributed by atoms with Crippen LogP contribution in [0, 0.1) is 0 Å². The van der Waals surface area contributed by atoms with Crippen LogP contribution in [0.4, 0.5) is 0 Å². The molecular formula is C17H14BrClO2. The standard InChI is InChI=1S/C17H14BrClO2/c1-17(2)9-11-8-10(6-7-14(11)21-17)16(20)12-4-3-5-13(18)15(12)19/h3-8H,9H2,1-2H3. The van der Waals surface area contributed by atoms with Gasteiger partial charge in [-0.1, -0.05) is 17.7 Å². The Morgan fingerprint density at radius 3 is 2.81 bits per heavy atom. The largest absolute Gasteiger partial charge is 0.487 e. The first-order valence-electron chi connectivity index (χ1n) is 6.68. The SMILES string of the molecule is CC1(C)Cc2cc(C(=O)c3cccc(Br)c3Cl)ccc2O1. The van der Waals surface area contributed by atoms with Gasteiger partial charge in [0, 0.05) is 22.0 Å². The molecule has 0 unspecified atom stereocenters. The minimum Gasteiger partial charge on any atom is -0.487 e. The Balaban J connectivity index is 1.99. The van der Waals surface area contributed by atoms with Crippen LogP contribution >= 0.6 is 27.5 Å². The summed E-state index contributed by atoms with van der Waals surface area (Å²) < 4.78 is 6.56. The van der Waals surface area contributed by atoms with E-state index >= 15 is 0 Å². The van der Waals surface area contributed by atoms with E-state index in [0.717, 1.165) is 22.2 Å². The zero-order valence-corrected chi connectivity index (χ0v) is 14.1. The van der Waals surface area contributed by atoms with Crippen molar-refractivity contribution >= 4 is 33.3 Å². The molecule has 0 saturated carbocycles. The molecule has 0 bridgehead atoms. The van der Waals surface area contributed by atoms with Crippen molar-refractivity contribution in [3.8, 4) is 5.75 Å². The van der Waals surface area contributed by atoms with Gasteiger partial charge in [0.1, 0.15) is 11.4 Å². The van der Waals surface area contributed by atoms with Crippen molar-refractivity contribution < 1.29 is 9.53 Å². The van der Waals surface area contributed by atoms with Crippen LogP contribution in [0.3, 0.4) is 0 Å². The highest BCUT2D eigenvalue weighted by Crippen LogP contribution is 2.36. The summed E-state index contributed by atoms with van der Waals surface area (Å²) in [6.45, 7) is 4.08. The minimum atomic E-state index is -0.211. The smallest absolute Gasteiger partial charge is 0.194 e. The second kappa shape index (κ2) is 5.15. The molecular weight excluding hydrogens is 352 g/mol. The number of carbonyl (C=O) groups excluding carboxylic acids is 1. The molecule has 0 radical (unpaired) electrons. The first kappa shape index (κ1) is 14.6. The van der Waals surface area contributed by atoms with Crippen LogP contribution in [0.5, 0.6) is 5.75 Å². The van der Waals surface area contributed by atoms with Gasteiger partial charge in [-0.2, -0.15) is 0 Å². The highest BCUT2D eigenvalue weighted by atomic mass is 79.9. The molecule has 0 aliphatic carbocycles. The molecule has 0 saturated heterocycles. The van der Waals surface area contributed by atoms with Crippen molar-refractivity contribution in [1.82, 2.24) is 0 Å². The van der Waals surface area contributed by atoms with Crippen LogP contribution in [-0.2, 0) is 6.42 Å². The maximum atomic E-state index is 12.6. The van der Waals surface area contributed by atoms with Crippen LogP contribution in [0.2, 0.25) is 5.02 Å². The summed E-state index contributed by atoms with van der Waals surface area (Å²) in [6.07, 6.45) is 0.801. The van der Waals surface area contributed by atoms with Crippen molar-refractivity contribution in [2.24, 2.45) is 0 Å². The normalized spacial score (nSPS) is 15.4. The molecule has 2 aromatic carbocycles. The Morgan fingerprint density at radius 1 is 1.29 bits per heavy atom. The molecule has 21 heavy (non-hydrogen) atoms. The first-order chi connectivity index (χ1) is 9.87. The molecule has 1 aliphatic rings. The van der Waals surface area contributed by atoms with Gasteiger partial charge in [-0.3, -0.25) is 4.79 Å². The number of ether oxygens (including phenoxy) is 1. The Kier molecular flexibility index (Phi) is 3.58. The van der Waals surface area contributed by atoms with Crippen LogP contribution in [0.1, 0.15) is 35.3 Å². The van der Waals surface area contributed by atoms with E-state index in [9.17, 15) is 4.79 Å². The van der Waals surface area contributed by atoms with Gasteiger partial charge in [0.2, 0.25) is 0 Å². The molecule has 4 heteroatoms. The van der Waals surface area contributed by atoms with Gasteiger partial charge in [-0.15, -0.1) is 0 Å². The molecule has 0 aromatic heterocycles. The Bertz CT molecular complexity index is 738. The predicted molar refractivity (Wildman–Crippen MR) is 87.4 cm³/mol. The van der Waals surface area contributed by atoms with Gasteiger partial charge in [0.25, 0.3) is 0 Å². The summed E-state index contributed by atoms with van der Waals surface area (Å²) >= 11 is 9.56. The number of carbonyl (C=O) groups is 1. The third-order valence-electron chi connectivity index (χ3n) is 3.52. The number of hydrogen-bond donors (Lipinski definition) is 0. The van der Waals surface area contributed by atoms with Gasteiger partial charge in [0.05, 0.1) is 5.02 Å². The zero-order chi connectivity index (χ0) is 15.2. The lowest BCUT2D eigenvalue weighted by Gasteiger charge is -2.16. The lowest BCUT2D eigenvalue weighted by molar-refractivity contribution is 0.103. The monoisotopic (exact) mass is 364 g/mol. The zero-order valence-electron chi connectivity index (χ0n) is 11.7. The molecule has 0 atom stereocenters.